The quantitative estimate of drug-likeness (QED) is 0.580. The molecule has 2 heterocycles. The van der Waals surface area contributed by atoms with Crippen LogP contribution in [0.4, 0.5) is 5.13 Å². The first-order valence-corrected chi connectivity index (χ1v) is 9.71. The minimum atomic E-state index is -3.95. The zero-order chi connectivity index (χ0) is 18.7. The summed E-state index contributed by atoms with van der Waals surface area (Å²) in [4.78, 5) is 15.1. The number of sulfonamides is 1. The SMILES string of the molecule is CC(=O)Nc1nnc(S(=O)(=O)NCc2nc(-c3ccccc3Cl)no2)s1. The van der Waals surface area contributed by atoms with E-state index in [4.69, 9.17) is 16.1 Å². The lowest BCUT2D eigenvalue weighted by Crippen LogP contribution is -2.23. The van der Waals surface area contributed by atoms with E-state index in [1.54, 1.807) is 24.3 Å². The van der Waals surface area contributed by atoms with Gasteiger partial charge in [-0.05, 0) is 12.1 Å². The first-order chi connectivity index (χ1) is 12.3. The van der Waals surface area contributed by atoms with Crippen molar-refractivity contribution in [3.8, 4) is 11.4 Å². The molecule has 1 aromatic carbocycles. The van der Waals surface area contributed by atoms with E-state index in [1.165, 1.54) is 6.92 Å². The number of anilines is 1. The van der Waals surface area contributed by atoms with Gasteiger partial charge >= 0.3 is 0 Å². The number of aromatic nitrogens is 4. The second-order valence-electron chi connectivity index (χ2n) is 4.87. The van der Waals surface area contributed by atoms with Crippen molar-refractivity contribution in [1.29, 1.82) is 0 Å². The monoisotopic (exact) mass is 414 g/mol. The largest absolute Gasteiger partial charge is 0.338 e. The average Bonchev–Trinajstić information content (AvgIpc) is 3.23. The molecule has 2 N–H and O–H groups in total. The molecule has 3 aromatic rings. The van der Waals surface area contributed by atoms with Gasteiger partial charge in [-0.15, -0.1) is 10.2 Å². The lowest BCUT2D eigenvalue weighted by molar-refractivity contribution is -0.114. The van der Waals surface area contributed by atoms with Crippen molar-refractivity contribution in [2.75, 3.05) is 5.32 Å². The lowest BCUT2D eigenvalue weighted by Gasteiger charge is -1.99. The smallest absolute Gasteiger partial charge is 0.270 e. The third kappa shape index (κ3) is 4.22. The molecule has 10 nitrogen and oxygen atoms in total. The highest BCUT2D eigenvalue weighted by atomic mass is 35.5. The fraction of sp³-hybridized carbons (Fsp3) is 0.154. The number of rotatable bonds is 6. The van der Waals surface area contributed by atoms with E-state index in [0.29, 0.717) is 10.6 Å². The number of amides is 1. The van der Waals surface area contributed by atoms with Gasteiger partial charge in [0.15, 0.2) is 0 Å². The zero-order valence-corrected chi connectivity index (χ0v) is 15.5. The standard InChI is InChI=1S/C13H11ClN6O4S2/c1-7(21)16-12-18-19-13(25-12)26(22,23)15-6-10-17-11(20-24-10)8-4-2-3-5-9(8)14/h2-5,15H,6H2,1H3,(H,16,18,21). The normalized spacial score (nSPS) is 11.5. The molecule has 0 aliphatic heterocycles. The van der Waals surface area contributed by atoms with Gasteiger partial charge in [0.25, 0.3) is 10.0 Å². The van der Waals surface area contributed by atoms with Crippen LogP contribution in [0.1, 0.15) is 12.8 Å². The van der Waals surface area contributed by atoms with Gasteiger partial charge in [0.1, 0.15) is 0 Å². The number of halogens is 1. The van der Waals surface area contributed by atoms with Crippen LogP contribution in [-0.2, 0) is 21.4 Å². The van der Waals surface area contributed by atoms with Gasteiger partial charge in [0, 0.05) is 12.5 Å². The minimum absolute atomic E-state index is 0.0510. The Bertz CT molecular complexity index is 1050. The first kappa shape index (κ1) is 18.4. The van der Waals surface area contributed by atoms with Crippen LogP contribution in [0.25, 0.3) is 11.4 Å². The summed E-state index contributed by atoms with van der Waals surface area (Å²) < 4.78 is 31.4. The highest BCUT2D eigenvalue weighted by Crippen LogP contribution is 2.25. The van der Waals surface area contributed by atoms with E-state index >= 15 is 0 Å². The van der Waals surface area contributed by atoms with Crippen LogP contribution in [0.15, 0.2) is 33.1 Å². The predicted molar refractivity (Wildman–Crippen MR) is 93.0 cm³/mol. The Hall–Kier alpha value is -2.41. The number of hydrogen-bond donors (Lipinski definition) is 2. The third-order valence-corrected chi connectivity index (χ3v) is 5.85. The molecule has 0 saturated carbocycles. The molecule has 13 heteroatoms. The van der Waals surface area contributed by atoms with Crippen molar-refractivity contribution in [1.82, 2.24) is 25.1 Å². The maximum Gasteiger partial charge on any atom is 0.270 e. The lowest BCUT2D eigenvalue weighted by atomic mass is 10.2. The highest BCUT2D eigenvalue weighted by molar-refractivity contribution is 7.91. The molecular formula is C13H11ClN6O4S2. The first-order valence-electron chi connectivity index (χ1n) is 7.03. The summed E-state index contributed by atoms with van der Waals surface area (Å²) in [6.45, 7) is 1.04. The van der Waals surface area contributed by atoms with Crippen molar-refractivity contribution in [3.05, 3.63) is 35.2 Å². The Balaban J connectivity index is 1.70. The Morgan fingerprint density at radius 1 is 1.31 bits per heavy atom. The molecule has 0 bridgehead atoms. The van der Waals surface area contributed by atoms with Crippen LogP contribution in [0.2, 0.25) is 5.02 Å². The average molecular weight is 415 g/mol. The molecule has 0 spiro atoms. The van der Waals surface area contributed by atoms with Crippen LogP contribution < -0.4 is 10.0 Å². The number of carbonyl (C=O) groups excluding carboxylic acids is 1. The van der Waals surface area contributed by atoms with Gasteiger partial charge in [0.05, 0.1) is 11.6 Å². The van der Waals surface area contributed by atoms with Gasteiger partial charge in [-0.3, -0.25) is 4.79 Å². The Kier molecular flexibility index (Phi) is 5.27. The maximum atomic E-state index is 12.2. The summed E-state index contributed by atoms with van der Waals surface area (Å²) in [6, 6.07) is 6.92. The summed E-state index contributed by atoms with van der Waals surface area (Å²) in [5.41, 5.74) is 0.566. The van der Waals surface area contributed by atoms with Crippen LogP contribution in [-0.4, -0.2) is 34.7 Å². The van der Waals surface area contributed by atoms with E-state index in [2.05, 4.69) is 30.4 Å². The second-order valence-corrected chi connectivity index (χ2v) is 8.20. The summed E-state index contributed by atoms with van der Waals surface area (Å²) >= 11 is 6.78. The van der Waals surface area contributed by atoms with Crippen LogP contribution in [0, 0.1) is 0 Å². The van der Waals surface area contributed by atoms with E-state index < -0.39 is 10.0 Å². The number of benzene rings is 1. The van der Waals surface area contributed by atoms with Crippen molar-refractivity contribution in [2.24, 2.45) is 0 Å². The van der Waals surface area contributed by atoms with E-state index in [0.717, 1.165) is 11.3 Å². The molecule has 1 amide bonds. The molecular weight excluding hydrogens is 404 g/mol. The highest BCUT2D eigenvalue weighted by Gasteiger charge is 2.22. The molecule has 0 radical (unpaired) electrons. The topological polar surface area (TPSA) is 140 Å². The number of nitrogens with one attached hydrogen (secondary N) is 2. The number of carbonyl (C=O) groups is 1. The van der Waals surface area contributed by atoms with Gasteiger partial charge in [-0.2, -0.15) is 9.71 Å². The van der Waals surface area contributed by atoms with Gasteiger partial charge < -0.3 is 9.84 Å². The van der Waals surface area contributed by atoms with E-state index in [1.807, 2.05) is 0 Å². The molecule has 0 fully saturated rings. The molecule has 0 unspecified atom stereocenters. The Morgan fingerprint density at radius 2 is 2.08 bits per heavy atom. The van der Waals surface area contributed by atoms with Crippen molar-refractivity contribution in [3.63, 3.8) is 0 Å². The van der Waals surface area contributed by atoms with Crippen molar-refractivity contribution >= 4 is 44.0 Å². The Labute approximate surface area is 156 Å². The number of nitrogens with zero attached hydrogens (tertiary/aromatic N) is 4. The summed E-state index contributed by atoms with van der Waals surface area (Å²) in [7, 11) is -3.95. The van der Waals surface area contributed by atoms with Crippen molar-refractivity contribution in [2.45, 2.75) is 17.8 Å². The fourth-order valence-corrected chi connectivity index (χ4v) is 4.00. The fourth-order valence-electron chi connectivity index (χ4n) is 1.82. The van der Waals surface area contributed by atoms with Gasteiger partial charge in [0.2, 0.25) is 27.1 Å². The van der Waals surface area contributed by atoms with Gasteiger partial charge in [-0.25, -0.2) is 8.42 Å². The third-order valence-electron chi connectivity index (χ3n) is 2.92. The van der Waals surface area contributed by atoms with Crippen LogP contribution in [0.3, 0.4) is 0 Å². The zero-order valence-electron chi connectivity index (χ0n) is 13.1. The van der Waals surface area contributed by atoms with E-state index in [9.17, 15) is 13.2 Å². The molecule has 26 heavy (non-hydrogen) atoms. The minimum Gasteiger partial charge on any atom is -0.338 e. The maximum absolute atomic E-state index is 12.2. The molecule has 136 valence electrons. The summed E-state index contributed by atoms with van der Waals surface area (Å²) in [5, 5.41) is 13.8. The molecule has 0 saturated heterocycles. The van der Waals surface area contributed by atoms with Crippen LogP contribution in [0.5, 0.6) is 0 Å². The van der Waals surface area contributed by atoms with Gasteiger partial charge in [-0.1, -0.05) is 40.2 Å². The van der Waals surface area contributed by atoms with Crippen molar-refractivity contribution < 1.29 is 17.7 Å². The number of hydrogen-bond acceptors (Lipinski definition) is 9. The van der Waals surface area contributed by atoms with Crippen LogP contribution >= 0.6 is 22.9 Å². The Morgan fingerprint density at radius 3 is 2.81 bits per heavy atom. The predicted octanol–water partition coefficient (Wildman–Crippen LogP) is 1.68. The second kappa shape index (κ2) is 7.45. The molecule has 2 aromatic heterocycles. The molecule has 3 rings (SSSR count). The molecule has 0 aliphatic rings. The van der Waals surface area contributed by atoms with E-state index in [-0.39, 0.29) is 33.6 Å². The summed E-state index contributed by atoms with van der Waals surface area (Å²) in [5.74, 6) is -0.0835. The molecule has 0 aliphatic carbocycles. The molecule has 0 atom stereocenters. The summed E-state index contributed by atoms with van der Waals surface area (Å²) in [6.07, 6.45) is 0.